The first-order chi connectivity index (χ1) is 9.81. The second-order valence-corrected chi connectivity index (χ2v) is 6.45. The molecule has 4 heteroatoms. The molecule has 0 bridgehead atoms. The lowest BCUT2D eigenvalue weighted by Gasteiger charge is -2.28. The van der Waals surface area contributed by atoms with E-state index in [0.29, 0.717) is 11.5 Å². The SMILES string of the molecule is CC(c1ccc(C(=O)N(CCO)CCO)cc1)C(C)(C)C. The summed E-state index contributed by atoms with van der Waals surface area (Å²) >= 11 is 0. The number of carbonyl (C=O) groups excluding carboxylic acids is 1. The lowest BCUT2D eigenvalue weighted by molar-refractivity contribution is 0.0685. The summed E-state index contributed by atoms with van der Waals surface area (Å²) in [7, 11) is 0. The van der Waals surface area contributed by atoms with Gasteiger partial charge in [0.1, 0.15) is 0 Å². The van der Waals surface area contributed by atoms with Gasteiger partial charge in [0.05, 0.1) is 13.2 Å². The summed E-state index contributed by atoms with van der Waals surface area (Å²) < 4.78 is 0. The third-order valence-electron chi connectivity index (χ3n) is 3.98. The molecule has 0 aliphatic carbocycles. The van der Waals surface area contributed by atoms with Gasteiger partial charge in [-0.3, -0.25) is 4.79 Å². The van der Waals surface area contributed by atoms with Gasteiger partial charge in [0.25, 0.3) is 5.91 Å². The van der Waals surface area contributed by atoms with Gasteiger partial charge in [-0.1, -0.05) is 39.8 Å². The maximum Gasteiger partial charge on any atom is 0.254 e. The average Bonchev–Trinajstić information content (AvgIpc) is 2.45. The van der Waals surface area contributed by atoms with Crippen molar-refractivity contribution in [2.45, 2.75) is 33.6 Å². The van der Waals surface area contributed by atoms with Crippen molar-refractivity contribution < 1.29 is 15.0 Å². The molecule has 0 radical (unpaired) electrons. The average molecular weight is 293 g/mol. The minimum Gasteiger partial charge on any atom is -0.395 e. The predicted molar refractivity (Wildman–Crippen MR) is 84.4 cm³/mol. The van der Waals surface area contributed by atoms with E-state index in [9.17, 15) is 4.79 Å². The van der Waals surface area contributed by atoms with Crippen molar-refractivity contribution in [2.75, 3.05) is 26.3 Å². The Balaban J connectivity index is 2.88. The van der Waals surface area contributed by atoms with Gasteiger partial charge in [-0.2, -0.15) is 0 Å². The number of rotatable bonds is 6. The molecule has 1 unspecified atom stereocenters. The quantitative estimate of drug-likeness (QED) is 0.846. The molecule has 2 N–H and O–H groups in total. The van der Waals surface area contributed by atoms with Gasteiger partial charge in [-0.25, -0.2) is 0 Å². The summed E-state index contributed by atoms with van der Waals surface area (Å²) in [4.78, 5) is 13.8. The largest absolute Gasteiger partial charge is 0.395 e. The number of benzene rings is 1. The zero-order chi connectivity index (χ0) is 16.0. The fraction of sp³-hybridized carbons (Fsp3) is 0.588. The summed E-state index contributed by atoms with van der Waals surface area (Å²) in [5, 5.41) is 18.0. The maximum absolute atomic E-state index is 12.3. The fourth-order valence-electron chi connectivity index (χ4n) is 2.15. The smallest absolute Gasteiger partial charge is 0.254 e. The molecule has 1 atom stereocenters. The van der Waals surface area contributed by atoms with Gasteiger partial charge in [-0.05, 0) is 29.0 Å². The normalized spacial score (nSPS) is 13.0. The summed E-state index contributed by atoms with van der Waals surface area (Å²) in [5.74, 6) is 0.237. The van der Waals surface area contributed by atoms with E-state index >= 15 is 0 Å². The first-order valence-electron chi connectivity index (χ1n) is 7.42. The van der Waals surface area contributed by atoms with Crippen LogP contribution < -0.4 is 0 Å². The van der Waals surface area contributed by atoms with E-state index in [2.05, 4.69) is 27.7 Å². The third-order valence-corrected chi connectivity index (χ3v) is 3.98. The number of nitrogens with zero attached hydrogens (tertiary/aromatic N) is 1. The van der Waals surface area contributed by atoms with E-state index in [-0.39, 0.29) is 37.6 Å². The van der Waals surface area contributed by atoms with Crippen LogP contribution in [0, 0.1) is 5.41 Å². The summed E-state index contributed by atoms with van der Waals surface area (Å²) in [6.45, 7) is 9.03. The zero-order valence-electron chi connectivity index (χ0n) is 13.5. The minimum absolute atomic E-state index is 0.106. The third kappa shape index (κ3) is 4.83. The standard InChI is InChI=1S/C17H27NO3/c1-13(17(2,3)4)14-5-7-15(8-6-14)16(21)18(9-11-19)10-12-20/h5-8,13,19-20H,9-12H2,1-4H3. The summed E-state index contributed by atoms with van der Waals surface area (Å²) in [5.41, 5.74) is 1.96. The molecule has 0 aromatic heterocycles. The topological polar surface area (TPSA) is 60.8 Å². The second kappa shape index (κ2) is 7.57. The Hall–Kier alpha value is -1.39. The molecule has 1 rings (SSSR count). The van der Waals surface area contributed by atoms with Crippen LogP contribution in [0.2, 0.25) is 0 Å². The van der Waals surface area contributed by atoms with Crippen molar-refractivity contribution in [1.82, 2.24) is 4.90 Å². The highest BCUT2D eigenvalue weighted by molar-refractivity contribution is 5.94. The molecule has 0 aliphatic heterocycles. The molecule has 4 nitrogen and oxygen atoms in total. The van der Waals surface area contributed by atoms with Crippen LogP contribution in [-0.4, -0.2) is 47.3 Å². The first-order valence-corrected chi connectivity index (χ1v) is 7.42. The zero-order valence-corrected chi connectivity index (χ0v) is 13.5. The molecule has 0 saturated carbocycles. The minimum atomic E-state index is -0.159. The Morgan fingerprint density at radius 3 is 1.95 bits per heavy atom. The van der Waals surface area contributed by atoms with E-state index in [1.54, 1.807) is 0 Å². The van der Waals surface area contributed by atoms with Gasteiger partial charge >= 0.3 is 0 Å². The van der Waals surface area contributed by atoms with Crippen molar-refractivity contribution in [2.24, 2.45) is 5.41 Å². The van der Waals surface area contributed by atoms with Crippen LogP contribution >= 0.6 is 0 Å². The molecular formula is C17H27NO3. The van der Waals surface area contributed by atoms with Crippen LogP contribution in [0.1, 0.15) is 49.5 Å². The first kappa shape index (κ1) is 17.7. The number of aliphatic hydroxyl groups is 2. The van der Waals surface area contributed by atoms with Gasteiger partial charge < -0.3 is 15.1 Å². The van der Waals surface area contributed by atoms with Crippen molar-refractivity contribution in [3.8, 4) is 0 Å². The summed E-state index contributed by atoms with van der Waals surface area (Å²) in [6, 6.07) is 7.61. The monoisotopic (exact) mass is 293 g/mol. The predicted octanol–water partition coefficient (Wildman–Crippen LogP) is 2.26. The number of aliphatic hydroxyl groups excluding tert-OH is 2. The molecule has 1 aromatic carbocycles. The van der Waals surface area contributed by atoms with Crippen molar-refractivity contribution in [3.05, 3.63) is 35.4 Å². The van der Waals surface area contributed by atoms with Crippen LogP contribution in [0.5, 0.6) is 0 Å². The Kier molecular flexibility index (Phi) is 6.37. The van der Waals surface area contributed by atoms with Crippen molar-refractivity contribution >= 4 is 5.91 Å². The van der Waals surface area contributed by atoms with E-state index < -0.39 is 0 Å². The number of amides is 1. The Bertz CT molecular complexity index is 442. The highest BCUT2D eigenvalue weighted by Gasteiger charge is 2.22. The van der Waals surface area contributed by atoms with Gasteiger partial charge in [0, 0.05) is 18.7 Å². The molecule has 1 amide bonds. The van der Waals surface area contributed by atoms with E-state index in [1.165, 1.54) is 10.5 Å². The van der Waals surface area contributed by atoms with Crippen LogP contribution in [0.4, 0.5) is 0 Å². The van der Waals surface area contributed by atoms with Crippen LogP contribution in [0.3, 0.4) is 0 Å². The summed E-state index contributed by atoms with van der Waals surface area (Å²) in [6.07, 6.45) is 0. The van der Waals surface area contributed by atoms with E-state index in [4.69, 9.17) is 10.2 Å². The molecule has 0 spiro atoms. The second-order valence-electron chi connectivity index (χ2n) is 6.45. The highest BCUT2D eigenvalue weighted by Crippen LogP contribution is 2.34. The molecular weight excluding hydrogens is 266 g/mol. The van der Waals surface area contributed by atoms with Crippen LogP contribution in [-0.2, 0) is 0 Å². The number of hydrogen-bond acceptors (Lipinski definition) is 3. The maximum atomic E-state index is 12.3. The van der Waals surface area contributed by atoms with E-state index in [0.717, 1.165) is 0 Å². The van der Waals surface area contributed by atoms with Gasteiger partial charge in [0.15, 0.2) is 0 Å². The van der Waals surface area contributed by atoms with Crippen molar-refractivity contribution in [3.63, 3.8) is 0 Å². The highest BCUT2D eigenvalue weighted by atomic mass is 16.3. The van der Waals surface area contributed by atoms with Crippen LogP contribution in [0.25, 0.3) is 0 Å². The van der Waals surface area contributed by atoms with E-state index in [1.807, 2.05) is 24.3 Å². The van der Waals surface area contributed by atoms with Crippen molar-refractivity contribution in [1.29, 1.82) is 0 Å². The molecule has 0 heterocycles. The molecule has 0 saturated heterocycles. The molecule has 118 valence electrons. The molecule has 1 aromatic rings. The fourth-order valence-corrected chi connectivity index (χ4v) is 2.15. The van der Waals surface area contributed by atoms with Gasteiger partial charge in [-0.15, -0.1) is 0 Å². The van der Waals surface area contributed by atoms with Crippen LogP contribution in [0.15, 0.2) is 24.3 Å². The molecule has 0 aliphatic rings. The molecule has 21 heavy (non-hydrogen) atoms. The lowest BCUT2D eigenvalue weighted by Crippen LogP contribution is -2.35. The lowest BCUT2D eigenvalue weighted by atomic mass is 9.78. The Morgan fingerprint density at radius 1 is 1.10 bits per heavy atom. The molecule has 0 fully saturated rings. The van der Waals surface area contributed by atoms with Gasteiger partial charge in [0.2, 0.25) is 0 Å². The Morgan fingerprint density at radius 2 is 1.57 bits per heavy atom. The Labute approximate surface area is 127 Å². The number of hydrogen-bond donors (Lipinski definition) is 2. The number of carbonyl (C=O) groups is 1.